The first-order valence-electron chi connectivity index (χ1n) is 6.73. The van der Waals surface area contributed by atoms with Crippen LogP contribution in [0.15, 0.2) is 24.3 Å². The molecule has 1 fully saturated rings. The third kappa shape index (κ3) is 2.65. The van der Waals surface area contributed by atoms with Gasteiger partial charge in [-0.25, -0.2) is 0 Å². The average Bonchev–Trinajstić information content (AvgIpc) is 2.33. The molecule has 1 atom stereocenters. The van der Waals surface area contributed by atoms with Crippen molar-refractivity contribution in [1.29, 1.82) is 0 Å². The summed E-state index contributed by atoms with van der Waals surface area (Å²) in [5.41, 5.74) is 1.06. The molecule has 1 aliphatic rings. The van der Waals surface area contributed by atoms with Crippen LogP contribution in [0.2, 0.25) is 5.02 Å². The molecule has 0 heterocycles. The third-order valence-corrected chi connectivity index (χ3v) is 5.35. The van der Waals surface area contributed by atoms with E-state index in [1.54, 1.807) is 6.92 Å². The number of hydrogen-bond acceptors (Lipinski definition) is 3. The van der Waals surface area contributed by atoms with E-state index in [2.05, 4.69) is 0 Å². The topological polar surface area (TPSA) is 37.4 Å². The highest BCUT2D eigenvalue weighted by atomic mass is 35.5. The molecule has 2 rings (SSSR count). The van der Waals surface area contributed by atoms with Crippen LogP contribution in [-0.2, 0) is 15.7 Å². The number of benzene rings is 1. The Morgan fingerprint density at radius 3 is 2.15 bits per heavy atom. The number of halogens is 1. The van der Waals surface area contributed by atoms with Gasteiger partial charge in [0.2, 0.25) is 10.3 Å². The van der Waals surface area contributed by atoms with E-state index in [0.717, 1.165) is 19.3 Å². The Kier molecular flexibility index (Phi) is 4.57. The first kappa shape index (κ1) is 15.5. The fraction of sp³-hybridized carbons (Fsp3) is 0.533. The van der Waals surface area contributed by atoms with Crippen molar-refractivity contribution in [2.75, 3.05) is 14.1 Å². The molecular formula is C15H20ClNO2S. The molecule has 20 heavy (non-hydrogen) atoms. The Bertz CT molecular complexity index is 608. The van der Waals surface area contributed by atoms with E-state index in [1.165, 1.54) is 5.56 Å². The Labute approximate surface area is 127 Å². The second-order valence-corrected chi connectivity index (χ2v) is 7.28. The highest BCUT2D eigenvalue weighted by Crippen LogP contribution is 2.48. The lowest BCUT2D eigenvalue weighted by Crippen LogP contribution is -2.55. The molecule has 0 radical (unpaired) electrons. The molecule has 0 saturated heterocycles. The molecule has 0 spiro atoms. The maximum atomic E-state index is 11.4. The van der Waals surface area contributed by atoms with Crippen molar-refractivity contribution >= 4 is 26.8 Å². The zero-order valence-corrected chi connectivity index (χ0v) is 13.6. The number of hydrogen-bond donors (Lipinski definition) is 0. The van der Waals surface area contributed by atoms with Gasteiger partial charge < -0.3 is 4.90 Å². The monoisotopic (exact) mass is 313 g/mol. The van der Waals surface area contributed by atoms with Gasteiger partial charge in [-0.2, -0.15) is 8.42 Å². The van der Waals surface area contributed by atoms with E-state index in [4.69, 9.17) is 11.6 Å². The first-order chi connectivity index (χ1) is 9.38. The van der Waals surface area contributed by atoms with Crippen molar-refractivity contribution in [1.82, 2.24) is 4.90 Å². The molecule has 3 nitrogen and oxygen atoms in total. The van der Waals surface area contributed by atoms with Gasteiger partial charge in [0.25, 0.3) is 0 Å². The van der Waals surface area contributed by atoms with Crippen LogP contribution >= 0.6 is 11.6 Å². The zero-order valence-electron chi connectivity index (χ0n) is 12.1. The fourth-order valence-electron chi connectivity index (χ4n) is 3.40. The van der Waals surface area contributed by atoms with Gasteiger partial charge >= 0.3 is 0 Å². The fourth-order valence-corrected chi connectivity index (χ4v) is 4.14. The van der Waals surface area contributed by atoms with E-state index in [9.17, 15) is 8.42 Å². The summed E-state index contributed by atoms with van der Waals surface area (Å²) >= 11 is 5.96. The van der Waals surface area contributed by atoms with Gasteiger partial charge in [-0.1, -0.05) is 30.2 Å². The minimum atomic E-state index is -2.15. The highest BCUT2D eigenvalue weighted by Gasteiger charge is 2.47. The quantitative estimate of drug-likeness (QED) is 0.802. The van der Waals surface area contributed by atoms with E-state index >= 15 is 0 Å². The summed E-state index contributed by atoms with van der Waals surface area (Å²) in [5, 5.41) is 0.706. The third-order valence-electron chi connectivity index (χ3n) is 4.35. The maximum absolute atomic E-state index is 11.4. The standard InChI is InChI=1S/C15H20ClNO2S/c1-11(20(18)19)14(17(2)3)15(9-4-10-15)12-5-7-13(16)8-6-12/h5-8,14H,4,9-10H2,1-3H3. The van der Waals surface area contributed by atoms with Crippen LogP contribution in [0.25, 0.3) is 0 Å². The van der Waals surface area contributed by atoms with Crippen molar-refractivity contribution in [3.05, 3.63) is 34.9 Å². The molecule has 1 saturated carbocycles. The first-order valence-corrected chi connectivity index (χ1v) is 8.19. The summed E-state index contributed by atoms with van der Waals surface area (Å²) in [6, 6.07) is 7.72. The van der Waals surface area contributed by atoms with E-state index < -0.39 is 10.3 Å². The summed E-state index contributed by atoms with van der Waals surface area (Å²) in [6.07, 6.45) is 3.14. The van der Waals surface area contributed by atoms with Gasteiger partial charge in [-0.05, 0) is 51.6 Å². The Balaban J connectivity index is 2.53. The van der Waals surface area contributed by atoms with Gasteiger partial charge in [0.15, 0.2) is 0 Å². The van der Waals surface area contributed by atoms with E-state index in [0.29, 0.717) is 9.89 Å². The molecule has 0 aliphatic heterocycles. The van der Waals surface area contributed by atoms with Crippen molar-refractivity contribution in [2.45, 2.75) is 37.6 Å². The van der Waals surface area contributed by atoms with Crippen LogP contribution in [0, 0.1) is 0 Å². The minimum absolute atomic E-state index is 0.101. The average molecular weight is 314 g/mol. The molecule has 1 aromatic carbocycles. The lowest BCUT2D eigenvalue weighted by atomic mass is 9.59. The molecule has 0 amide bonds. The molecule has 1 unspecified atom stereocenters. The number of nitrogens with zero attached hydrogens (tertiary/aromatic N) is 1. The second-order valence-electron chi connectivity index (χ2n) is 5.73. The second kappa shape index (κ2) is 5.88. The van der Waals surface area contributed by atoms with Crippen LogP contribution in [0.5, 0.6) is 0 Å². The molecular weight excluding hydrogens is 294 g/mol. The summed E-state index contributed by atoms with van der Waals surface area (Å²) in [4.78, 5) is 2.52. The molecule has 1 aromatic rings. The zero-order chi connectivity index (χ0) is 14.9. The van der Waals surface area contributed by atoms with Gasteiger partial charge in [0.1, 0.15) is 0 Å². The number of likely N-dealkylation sites (N-methyl/N-ethyl adjacent to an activating group) is 1. The predicted octanol–water partition coefficient (Wildman–Crippen LogP) is 2.76. The molecule has 5 heteroatoms. The lowest BCUT2D eigenvalue weighted by Gasteiger charge is -2.50. The summed E-state index contributed by atoms with van der Waals surface area (Å²) < 4.78 is 22.9. The van der Waals surface area contributed by atoms with Gasteiger partial charge in [-0.3, -0.25) is 0 Å². The van der Waals surface area contributed by atoms with Crippen LogP contribution in [-0.4, -0.2) is 38.3 Å². The minimum Gasteiger partial charge on any atom is -0.301 e. The summed E-state index contributed by atoms with van der Waals surface area (Å²) in [5.74, 6) is 0. The summed E-state index contributed by atoms with van der Waals surface area (Å²) in [6.45, 7) is 1.71. The lowest BCUT2D eigenvalue weighted by molar-refractivity contribution is 0.141. The largest absolute Gasteiger partial charge is 0.301 e. The van der Waals surface area contributed by atoms with Crippen LogP contribution < -0.4 is 0 Å². The van der Waals surface area contributed by atoms with Gasteiger partial charge in [-0.15, -0.1) is 0 Å². The molecule has 0 bridgehead atoms. The number of rotatable bonds is 4. The SMILES string of the molecule is CC(C(N(C)C)C1(c2ccc(Cl)cc2)CCC1)=S(=O)=O. The van der Waals surface area contributed by atoms with Crippen LogP contribution in [0.1, 0.15) is 31.7 Å². The predicted molar refractivity (Wildman–Crippen MR) is 84.1 cm³/mol. The van der Waals surface area contributed by atoms with Crippen molar-refractivity contribution in [3.63, 3.8) is 0 Å². The Hall–Kier alpha value is -0.840. The molecule has 0 N–H and O–H groups in total. The van der Waals surface area contributed by atoms with Crippen molar-refractivity contribution in [3.8, 4) is 0 Å². The Morgan fingerprint density at radius 2 is 1.80 bits per heavy atom. The van der Waals surface area contributed by atoms with E-state index in [1.807, 2.05) is 43.3 Å². The van der Waals surface area contributed by atoms with Gasteiger partial charge in [0.05, 0.1) is 10.9 Å². The normalized spacial score (nSPS) is 18.4. The van der Waals surface area contributed by atoms with Crippen LogP contribution in [0.3, 0.4) is 0 Å². The maximum Gasteiger partial charge on any atom is 0.214 e. The van der Waals surface area contributed by atoms with E-state index in [-0.39, 0.29) is 11.5 Å². The van der Waals surface area contributed by atoms with Crippen LogP contribution in [0.4, 0.5) is 0 Å². The Morgan fingerprint density at radius 1 is 1.25 bits per heavy atom. The van der Waals surface area contributed by atoms with Crippen molar-refractivity contribution in [2.24, 2.45) is 0 Å². The van der Waals surface area contributed by atoms with Gasteiger partial charge in [0, 0.05) is 10.4 Å². The molecule has 110 valence electrons. The van der Waals surface area contributed by atoms with Crippen molar-refractivity contribution < 1.29 is 8.42 Å². The molecule has 0 aromatic heterocycles. The summed E-state index contributed by atoms with van der Waals surface area (Å²) in [7, 11) is 1.73. The highest BCUT2D eigenvalue weighted by molar-refractivity contribution is 7.73. The molecule has 1 aliphatic carbocycles. The smallest absolute Gasteiger partial charge is 0.214 e.